The Kier molecular flexibility index (Phi) is 6.00. The minimum absolute atomic E-state index is 0.103. The molecule has 4 rings (SSSR count). The van der Waals surface area contributed by atoms with Crippen LogP contribution < -0.4 is 0 Å². The van der Waals surface area contributed by atoms with Crippen molar-refractivity contribution in [2.75, 3.05) is 13.1 Å². The van der Waals surface area contributed by atoms with E-state index in [0.29, 0.717) is 30.0 Å². The van der Waals surface area contributed by atoms with E-state index in [9.17, 15) is 4.79 Å². The molecule has 0 spiro atoms. The van der Waals surface area contributed by atoms with Crippen LogP contribution in [-0.2, 0) is 25.4 Å². The van der Waals surface area contributed by atoms with E-state index in [1.807, 2.05) is 18.2 Å². The Balaban J connectivity index is 1.61. The fourth-order valence-corrected chi connectivity index (χ4v) is 6.30. The molecule has 0 bridgehead atoms. The standard InChI is InChI=1S/C24H36BNO4/c1-5-18(2)14-19(3)25-26(15-20(4)29-25,16-24(27)30-25)22-12-9-13-23(22)28-17-21-10-7-6-8-11-21/h6-8,10-11,18-19,22-23H,4-5,9,12-17H2,1-3H3/t18-,19-,22?,23-,25?,26+/m0/s1. The molecule has 5 nitrogen and oxygen atoms in total. The Morgan fingerprint density at radius 2 is 1.97 bits per heavy atom. The molecule has 0 amide bonds. The van der Waals surface area contributed by atoms with Gasteiger partial charge in [-0.15, -0.1) is 0 Å². The number of rotatable bonds is 8. The Morgan fingerprint density at radius 3 is 2.70 bits per heavy atom. The lowest BCUT2D eigenvalue weighted by molar-refractivity contribution is -0.848. The van der Waals surface area contributed by atoms with Gasteiger partial charge in [0.15, 0.2) is 0 Å². The highest BCUT2D eigenvalue weighted by atomic mass is 16.7. The van der Waals surface area contributed by atoms with Gasteiger partial charge in [-0.3, -0.25) is 4.79 Å². The molecule has 3 fully saturated rings. The zero-order valence-corrected chi connectivity index (χ0v) is 18.7. The zero-order valence-electron chi connectivity index (χ0n) is 18.7. The van der Waals surface area contributed by atoms with E-state index in [0.717, 1.165) is 37.9 Å². The van der Waals surface area contributed by atoms with Crippen molar-refractivity contribution in [2.24, 2.45) is 5.92 Å². The predicted octanol–water partition coefficient (Wildman–Crippen LogP) is 4.81. The van der Waals surface area contributed by atoms with Crippen molar-refractivity contribution >= 4 is 12.7 Å². The topological polar surface area (TPSA) is 44.8 Å². The first kappa shape index (κ1) is 21.4. The average Bonchev–Trinajstić information content (AvgIpc) is 3.37. The molecule has 30 heavy (non-hydrogen) atoms. The summed E-state index contributed by atoms with van der Waals surface area (Å²) in [4.78, 5) is 12.7. The summed E-state index contributed by atoms with van der Waals surface area (Å²) >= 11 is 0. The van der Waals surface area contributed by atoms with Crippen molar-refractivity contribution in [1.82, 2.24) is 0 Å². The summed E-state index contributed by atoms with van der Waals surface area (Å²) in [7, 11) is 0. The lowest BCUT2D eigenvalue weighted by Gasteiger charge is -2.52. The van der Waals surface area contributed by atoms with E-state index < -0.39 is 6.69 Å². The van der Waals surface area contributed by atoms with Gasteiger partial charge in [-0.2, -0.15) is 0 Å². The Labute approximate surface area is 181 Å². The van der Waals surface area contributed by atoms with Gasteiger partial charge in [0.05, 0.1) is 25.0 Å². The maximum atomic E-state index is 12.7. The van der Waals surface area contributed by atoms with Gasteiger partial charge in [-0.1, -0.05) is 70.5 Å². The van der Waals surface area contributed by atoms with Crippen LogP contribution in [0.5, 0.6) is 0 Å². The first-order chi connectivity index (χ1) is 14.4. The quantitative estimate of drug-likeness (QED) is 0.574. The molecule has 1 saturated carbocycles. The van der Waals surface area contributed by atoms with Crippen LogP contribution in [0.15, 0.2) is 42.7 Å². The van der Waals surface area contributed by atoms with Gasteiger partial charge in [0, 0.05) is 0 Å². The third kappa shape index (κ3) is 3.58. The van der Waals surface area contributed by atoms with E-state index in [4.69, 9.17) is 14.0 Å². The van der Waals surface area contributed by atoms with E-state index >= 15 is 0 Å². The molecule has 1 aromatic rings. The first-order valence-corrected chi connectivity index (χ1v) is 11.7. The van der Waals surface area contributed by atoms with Crippen molar-refractivity contribution in [3.63, 3.8) is 0 Å². The number of carbonyl (C=O) groups excluding carboxylic acids is 1. The monoisotopic (exact) mass is 413 g/mol. The molecule has 0 aromatic heterocycles. The first-order valence-electron chi connectivity index (χ1n) is 11.7. The van der Waals surface area contributed by atoms with Crippen LogP contribution in [0.2, 0.25) is 5.82 Å². The number of benzene rings is 1. The Bertz CT molecular complexity index is 763. The second kappa shape index (κ2) is 8.39. The van der Waals surface area contributed by atoms with Crippen LogP contribution in [0, 0.1) is 5.92 Å². The third-order valence-corrected chi connectivity index (χ3v) is 7.82. The van der Waals surface area contributed by atoms with E-state index in [2.05, 4.69) is 39.5 Å². The fraction of sp³-hybridized carbons (Fsp3) is 0.625. The van der Waals surface area contributed by atoms with Crippen molar-refractivity contribution < 1.29 is 23.2 Å². The van der Waals surface area contributed by atoms with Crippen LogP contribution >= 0.6 is 0 Å². The lowest BCUT2D eigenvalue weighted by atomic mass is 9.53. The van der Waals surface area contributed by atoms with Gasteiger partial charge in [0.2, 0.25) is 0 Å². The highest BCUT2D eigenvalue weighted by Crippen LogP contribution is 2.52. The summed E-state index contributed by atoms with van der Waals surface area (Å²) in [5.74, 6) is 1.34. The number of fused-ring (bicyclic) bond motifs is 1. The van der Waals surface area contributed by atoms with Gasteiger partial charge in [0.1, 0.15) is 12.6 Å². The van der Waals surface area contributed by atoms with Crippen LogP contribution in [0.1, 0.15) is 58.4 Å². The number of nitrogens with zero attached hydrogens (tertiary/aromatic N) is 1. The number of hydrogen-bond donors (Lipinski definition) is 0. The van der Waals surface area contributed by atoms with Gasteiger partial charge in [0.25, 0.3) is 0 Å². The molecule has 1 aromatic carbocycles. The largest absolute Gasteiger partial charge is 0.630 e. The van der Waals surface area contributed by atoms with Crippen LogP contribution in [-0.4, -0.2) is 42.3 Å². The smallest absolute Gasteiger partial charge is 0.585 e. The second-order valence-electron chi connectivity index (χ2n) is 9.85. The minimum atomic E-state index is -1.82. The zero-order chi connectivity index (χ0) is 21.4. The minimum Gasteiger partial charge on any atom is -0.630 e. The van der Waals surface area contributed by atoms with E-state index in [1.54, 1.807) is 0 Å². The summed E-state index contributed by atoms with van der Waals surface area (Å²) < 4.78 is 19.6. The molecule has 164 valence electrons. The molecule has 6 atom stereocenters. The number of carbonyl (C=O) groups is 1. The Hall–Kier alpha value is -1.79. The molecule has 0 radical (unpaired) electrons. The summed E-state index contributed by atoms with van der Waals surface area (Å²) in [5.41, 5.74) is 1.18. The highest BCUT2D eigenvalue weighted by molar-refractivity contribution is 6.65. The maximum absolute atomic E-state index is 12.7. The van der Waals surface area contributed by atoms with Gasteiger partial charge in [-0.05, 0) is 36.6 Å². The Morgan fingerprint density at radius 1 is 1.20 bits per heavy atom. The van der Waals surface area contributed by atoms with E-state index in [-0.39, 0.29) is 23.9 Å². The lowest BCUT2D eigenvalue weighted by Crippen LogP contribution is -2.70. The summed E-state index contributed by atoms with van der Waals surface area (Å²) in [5, 5.41) is 0. The molecule has 2 unspecified atom stereocenters. The second-order valence-corrected chi connectivity index (χ2v) is 9.85. The SMILES string of the molecule is C=C1C[N@+]2(C3CCC[C@@H]3OCc3ccccc3)CC(=O)O[B-]2([C@@H](C)C[C@@H](C)CC)O1. The normalized spacial score (nSPS) is 35.0. The third-order valence-electron chi connectivity index (χ3n) is 7.82. The molecular weight excluding hydrogens is 377 g/mol. The molecule has 1 aliphatic carbocycles. The molecule has 3 aliphatic rings. The van der Waals surface area contributed by atoms with Crippen molar-refractivity contribution in [3.8, 4) is 0 Å². The molecule has 2 heterocycles. The average molecular weight is 413 g/mol. The molecule has 6 heteroatoms. The van der Waals surface area contributed by atoms with Crippen molar-refractivity contribution in [2.45, 2.75) is 77.4 Å². The van der Waals surface area contributed by atoms with Gasteiger partial charge >= 0.3 is 12.7 Å². The number of quaternary nitrogens is 1. The maximum Gasteiger partial charge on any atom is 0.585 e. The summed E-state index contributed by atoms with van der Waals surface area (Å²) in [6.07, 6.45) is 5.36. The fourth-order valence-electron chi connectivity index (χ4n) is 6.30. The summed E-state index contributed by atoms with van der Waals surface area (Å²) in [6, 6.07) is 10.5. The summed E-state index contributed by atoms with van der Waals surface area (Å²) in [6.45, 7) is 10.7. The molecule has 2 aliphatic heterocycles. The van der Waals surface area contributed by atoms with Crippen molar-refractivity contribution in [3.05, 3.63) is 48.2 Å². The number of ether oxygens (including phenoxy) is 1. The molecular formula is C24H36BNO4. The molecule has 2 saturated heterocycles. The predicted molar refractivity (Wildman–Crippen MR) is 118 cm³/mol. The van der Waals surface area contributed by atoms with Gasteiger partial charge < -0.3 is 18.4 Å². The van der Waals surface area contributed by atoms with Crippen molar-refractivity contribution in [1.29, 1.82) is 0 Å². The van der Waals surface area contributed by atoms with E-state index in [1.165, 1.54) is 5.56 Å². The van der Waals surface area contributed by atoms with Gasteiger partial charge in [-0.25, -0.2) is 0 Å². The van der Waals surface area contributed by atoms with Crippen LogP contribution in [0.4, 0.5) is 0 Å². The highest BCUT2D eigenvalue weighted by Gasteiger charge is 2.71. The number of hydrogen-bond acceptors (Lipinski definition) is 4. The van der Waals surface area contributed by atoms with Crippen LogP contribution in [0.25, 0.3) is 0 Å². The molecule has 0 N–H and O–H groups in total. The van der Waals surface area contributed by atoms with Crippen LogP contribution in [0.3, 0.4) is 0 Å².